The largest absolute Gasteiger partial charge is 0.459 e. The molecule has 2 heterocycles. The third kappa shape index (κ3) is 3.51. The molecule has 0 saturated carbocycles. The van der Waals surface area contributed by atoms with Gasteiger partial charge in [-0.3, -0.25) is 4.79 Å². The maximum Gasteiger partial charge on any atom is 0.284 e. The first-order valence-corrected chi connectivity index (χ1v) is 8.33. The molecule has 0 bridgehead atoms. The zero-order valence-corrected chi connectivity index (χ0v) is 14.4. The van der Waals surface area contributed by atoms with E-state index in [9.17, 15) is 4.79 Å². The Kier molecular flexibility index (Phi) is 4.71. The summed E-state index contributed by atoms with van der Waals surface area (Å²) in [5.74, 6) is 0.682. The molecule has 0 radical (unpaired) electrons. The van der Waals surface area contributed by atoms with Crippen LogP contribution in [0.5, 0.6) is 0 Å². The number of amides is 1. The van der Waals surface area contributed by atoms with Crippen LogP contribution in [-0.2, 0) is 4.79 Å². The quantitative estimate of drug-likeness (QED) is 0.703. The summed E-state index contributed by atoms with van der Waals surface area (Å²) in [5, 5.41) is 10.8. The standard InChI is InChI=1S/C17H17N3O3S/c1-10-6-4-7-11(2)14(10)18-15(21)12(3)24-17-20-19-16(23-17)13-8-5-9-22-13/h4-9,12H,1-3H3,(H,18,21). The second-order valence-corrected chi connectivity index (χ2v) is 6.66. The van der Waals surface area contributed by atoms with E-state index in [-0.39, 0.29) is 11.2 Å². The molecule has 0 aliphatic rings. The van der Waals surface area contributed by atoms with Gasteiger partial charge < -0.3 is 14.2 Å². The Morgan fingerprint density at radius 3 is 2.58 bits per heavy atom. The summed E-state index contributed by atoms with van der Waals surface area (Å²) in [7, 11) is 0. The maximum absolute atomic E-state index is 12.4. The van der Waals surface area contributed by atoms with Crippen molar-refractivity contribution in [2.45, 2.75) is 31.2 Å². The Morgan fingerprint density at radius 1 is 1.17 bits per heavy atom. The summed E-state index contributed by atoms with van der Waals surface area (Å²) in [6, 6.07) is 9.38. The van der Waals surface area contributed by atoms with Gasteiger partial charge in [0.15, 0.2) is 5.76 Å². The number of carbonyl (C=O) groups is 1. The van der Waals surface area contributed by atoms with E-state index in [1.165, 1.54) is 18.0 Å². The number of aryl methyl sites for hydroxylation is 2. The second kappa shape index (κ2) is 6.92. The average molecular weight is 343 g/mol. The predicted molar refractivity (Wildman–Crippen MR) is 91.9 cm³/mol. The highest BCUT2D eigenvalue weighted by Crippen LogP contribution is 2.27. The van der Waals surface area contributed by atoms with Crippen LogP contribution in [-0.4, -0.2) is 21.4 Å². The molecule has 1 N–H and O–H groups in total. The van der Waals surface area contributed by atoms with Gasteiger partial charge in [-0.15, -0.1) is 10.2 Å². The minimum absolute atomic E-state index is 0.116. The molecule has 7 heteroatoms. The first-order chi connectivity index (χ1) is 11.5. The first-order valence-electron chi connectivity index (χ1n) is 7.45. The molecule has 0 fully saturated rings. The number of aromatic nitrogens is 2. The van der Waals surface area contributed by atoms with Crippen LogP contribution in [0.1, 0.15) is 18.1 Å². The number of hydrogen-bond acceptors (Lipinski definition) is 6. The van der Waals surface area contributed by atoms with Crippen LogP contribution in [0.2, 0.25) is 0 Å². The van der Waals surface area contributed by atoms with Crippen molar-refractivity contribution in [1.29, 1.82) is 0 Å². The van der Waals surface area contributed by atoms with Gasteiger partial charge in [0.2, 0.25) is 5.91 Å². The number of furan rings is 1. The van der Waals surface area contributed by atoms with E-state index < -0.39 is 0 Å². The summed E-state index contributed by atoms with van der Waals surface area (Å²) in [5.41, 5.74) is 2.90. The Bertz CT molecular complexity index is 822. The highest BCUT2D eigenvalue weighted by molar-refractivity contribution is 8.00. The van der Waals surface area contributed by atoms with Gasteiger partial charge >= 0.3 is 0 Å². The minimum Gasteiger partial charge on any atom is -0.459 e. The lowest BCUT2D eigenvalue weighted by molar-refractivity contribution is -0.115. The van der Waals surface area contributed by atoms with Crippen LogP contribution in [0.4, 0.5) is 5.69 Å². The zero-order chi connectivity index (χ0) is 17.1. The fourth-order valence-corrected chi connectivity index (χ4v) is 2.88. The first kappa shape index (κ1) is 16.3. The van der Waals surface area contributed by atoms with Gasteiger partial charge in [0.05, 0.1) is 11.5 Å². The zero-order valence-electron chi connectivity index (χ0n) is 13.6. The molecule has 1 aromatic carbocycles. The van der Waals surface area contributed by atoms with Crippen LogP contribution >= 0.6 is 11.8 Å². The molecular weight excluding hydrogens is 326 g/mol. The van der Waals surface area contributed by atoms with Gasteiger partial charge in [0.1, 0.15) is 0 Å². The Balaban J connectivity index is 1.66. The molecule has 3 aromatic rings. The highest BCUT2D eigenvalue weighted by Gasteiger charge is 2.20. The molecule has 2 aromatic heterocycles. The number of rotatable bonds is 5. The summed E-state index contributed by atoms with van der Waals surface area (Å²) < 4.78 is 10.7. The molecular formula is C17H17N3O3S. The number of hydrogen-bond donors (Lipinski definition) is 1. The number of anilines is 1. The molecule has 24 heavy (non-hydrogen) atoms. The smallest absolute Gasteiger partial charge is 0.284 e. The van der Waals surface area contributed by atoms with Crippen LogP contribution in [0.15, 0.2) is 50.7 Å². The molecule has 0 aliphatic carbocycles. The summed E-state index contributed by atoms with van der Waals surface area (Å²) in [6.45, 7) is 5.73. The van der Waals surface area contributed by atoms with E-state index >= 15 is 0 Å². The monoisotopic (exact) mass is 343 g/mol. The SMILES string of the molecule is Cc1cccc(C)c1NC(=O)C(C)Sc1nnc(-c2ccco2)o1. The number of thioether (sulfide) groups is 1. The highest BCUT2D eigenvalue weighted by atomic mass is 32.2. The number of nitrogens with zero attached hydrogens (tertiary/aromatic N) is 2. The number of benzene rings is 1. The molecule has 1 amide bonds. The van der Waals surface area contributed by atoms with Gasteiger partial charge in [0, 0.05) is 5.69 Å². The fraction of sp³-hybridized carbons (Fsp3) is 0.235. The fourth-order valence-electron chi connectivity index (χ4n) is 2.20. The number of carbonyl (C=O) groups excluding carboxylic acids is 1. The molecule has 6 nitrogen and oxygen atoms in total. The van der Waals surface area contributed by atoms with E-state index in [4.69, 9.17) is 8.83 Å². The van der Waals surface area contributed by atoms with E-state index in [0.717, 1.165) is 16.8 Å². The van der Waals surface area contributed by atoms with Crippen LogP contribution < -0.4 is 5.32 Å². The van der Waals surface area contributed by atoms with E-state index in [0.29, 0.717) is 16.9 Å². The molecule has 3 rings (SSSR count). The van der Waals surface area contributed by atoms with Crippen molar-refractivity contribution >= 4 is 23.4 Å². The topological polar surface area (TPSA) is 81.2 Å². The molecule has 0 aliphatic heterocycles. The van der Waals surface area contributed by atoms with E-state index in [1.807, 2.05) is 32.0 Å². The van der Waals surface area contributed by atoms with Gasteiger partial charge in [-0.1, -0.05) is 30.0 Å². The Morgan fingerprint density at radius 2 is 1.92 bits per heavy atom. The van der Waals surface area contributed by atoms with Crippen molar-refractivity contribution in [3.63, 3.8) is 0 Å². The molecule has 0 saturated heterocycles. The van der Waals surface area contributed by atoms with Crippen molar-refractivity contribution in [3.05, 3.63) is 47.7 Å². The Labute approximate surface area is 143 Å². The lowest BCUT2D eigenvalue weighted by Gasteiger charge is -2.14. The lowest BCUT2D eigenvalue weighted by Crippen LogP contribution is -2.23. The normalized spacial score (nSPS) is 12.1. The van der Waals surface area contributed by atoms with Crippen molar-refractivity contribution in [2.24, 2.45) is 0 Å². The Hall–Kier alpha value is -2.54. The van der Waals surface area contributed by atoms with Gasteiger partial charge in [0.25, 0.3) is 11.1 Å². The van der Waals surface area contributed by atoms with Gasteiger partial charge in [-0.25, -0.2) is 0 Å². The van der Waals surface area contributed by atoms with Gasteiger partial charge in [-0.2, -0.15) is 0 Å². The van der Waals surface area contributed by atoms with E-state index in [1.54, 1.807) is 19.1 Å². The van der Waals surface area contributed by atoms with Crippen LogP contribution in [0.3, 0.4) is 0 Å². The number of para-hydroxylation sites is 1. The average Bonchev–Trinajstić information content (AvgIpc) is 3.21. The van der Waals surface area contributed by atoms with Gasteiger partial charge in [-0.05, 0) is 44.0 Å². The third-order valence-electron chi connectivity index (χ3n) is 3.51. The number of nitrogens with one attached hydrogen (secondary N) is 1. The van der Waals surface area contributed by atoms with Crippen LogP contribution in [0.25, 0.3) is 11.7 Å². The summed E-state index contributed by atoms with van der Waals surface area (Å²) in [6.07, 6.45) is 1.53. The van der Waals surface area contributed by atoms with Crippen molar-refractivity contribution in [2.75, 3.05) is 5.32 Å². The minimum atomic E-state index is -0.381. The summed E-state index contributed by atoms with van der Waals surface area (Å²) >= 11 is 1.21. The van der Waals surface area contributed by atoms with Crippen molar-refractivity contribution in [3.8, 4) is 11.7 Å². The lowest BCUT2D eigenvalue weighted by atomic mass is 10.1. The van der Waals surface area contributed by atoms with E-state index in [2.05, 4.69) is 15.5 Å². The maximum atomic E-state index is 12.4. The predicted octanol–water partition coefficient (Wildman–Crippen LogP) is 4.07. The summed E-state index contributed by atoms with van der Waals surface area (Å²) in [4.78, 5) is 12.4. The molecule has 0 spiro atoms. The molecule has 1 atom stereocenters. The third-order valence-corrected chi connectivity index (χ3v) is 4.45. The second-order valence-electron chi connectivity index (χ2n) is 5.37. The molecule has 1 unspecified atom stereocenters. The van der Waals surface area contributed by atoms with Crippen molar-refractivity contribution in [1.82, 2.24) is 10.2 Å². The van der Waals surface area contributed by atoms with Crippen molar-refractivity contribution < 1.29 is 13.6 Å². The molecule has 124 valence electrons. The van der Waals surface area contributed by atoms with Crippen LogP contribution in [0, 0.1) is 13.8 Å².